The number of ether oxygens (including phenoxy) is 2. The second-order valence-electron chi connectivity index (χ2n) is 6.63. The molecule has 0 spiro atoms. The Morgan fingerprint density at radius 1 is 1.00 bits per heavy atom. The highest BCUT2D eigenvalue weighted by Crippen LogP contribution is 2.29. The molecule has 0 aliphatic carbocycles. The molecule has 27 heavy (non-hydrogen) atoms. The minimum atomic E-state index is -0.0475. The zero-order valence-corrected chi connectivity index (χ0v) is 16.3. The highest BCUT2D eigenvalue weighted by molar-refractivity contribution is 6.04. The number of hydrogen-bond donors (Lipinski definition) is 0. The Bertz CT molecular complexity index is 909. The topological polar surface area (TPSA) is 40.5 Å². The van der Waals surface area contributed by atoms with Crippen molar-refractivity contribution in [1.29, 1.82) is 0 Å². The summed E-state index contributed by atoms with van der Waals surface area (Å²) in [7, 11) is 0. The summed E-state index contributed by atoms with van der Waals surface area (Å²) in [5.74, 6) is 1.56. The molecule has 0 radical (unpaired) electrons. The summed E-state index contributed by atoms with van der Waals surface area (Å²) < 4.78 is 13.2. The van der Waals surface area contributed by atoms with E-state index in [2.05, 4.69) is 6.92 Å². The summed E-state index contributed by atoms with van der Waals surface area (Å²) in [4.78, 5) is 13.1. The lowest BCUT2D eigenvalue weighted by Gasteiger charge is -2.10. The summed E-state index contributed by atoms with van der Waals surface area (Å²) in [6.45, 7) is 7.38. The van der Waals surface area contributed by atoms with Gasteiger partial charge >= 0.3 is 0 Å². The average molecular weight is 365 g/mol. The fraction of sp³-hybridized carbons (Fsp3) is 0.348. The molecule has 0 saturated heterocycles. The van der Waals surface area contributed by atoms with Crippen LogP contribution in [0.2, 0.25) is 0 Å². The smallest absolute Gasteiger partial charge is 0.262 e. The molecule has 0 saturated carbocycles. The number of aromatic nitrogens is 1. The molecule has 0 N–H and O–H groups in total. The van der Waals surface area contributed by atoms with Crippen LogP contribution in [-0.4, -0.2) is 23.7 Å². The SMILES string of the molecule is CCCCCOc1ccc(C(=O)n2c(C)cc3c(OCC)cccc32)cc1. The Hall–Kier alpha value is -2.75. The Labute approximate surface area is 160 Å². The van der Waals surface area contributed by atoms with E-state index in [0.29, 0.717) is 18.8 Å². The van der Waals surface area contributed by atoms with Crippen molar-refractivity contribution in [3.63, 3.8) is 0 Å². The van der Waals surface area contributed by atoms with Crippen molar-refractivity contribution >= 4 is 16.8 Å². The number of rotatable bonds is 8. The minimum Gasteiger partial charge on any atom is -0.494 e. The molecule has 3 rings (SSSR count). The van der Waals surface area contributed by atoms with Crippen LogP contribution in [0.3, 0.4) is 0 Å². The van der Waals surface area contributed by atoms with Crippen molar-refractivity contribution in [3.05, 3.63) is 59.8 Å². The lowest BCUT2D eigenvalue weighted by Crippen LogP contribution is -2.13. The Morgan fingerprint density at radius 3 is 2.48 bits per heavy atom. The van der Waals surface area contributed by atoms with Gasteiger partial charge in [-0.05, 0) is 62.7 Å². The van der Waals surface area contributed by atoms with Gasteiger partial charge in [0.2, 0.25) is 0 Å². The first kappa shape index (κ1) is 19.0. The molecule has 0 aliphatic heterocycles. The second kappa shape index (κ2) is 8.76. The van der Waals surface area contributed by atoms with Crippen molar-refractivity contribution < 1.29 is 14.3 Å². The fourth-order valence-electron chi connectivity index (χ4n) is 3.25. The molecule has 0 unspecified atom stereocenters. The van der Waals surface area contributed by atoms with E-state index in [1.807, 2.05) is 62.4 Å². The van der Waals surface area contributed by atoms with Crippen LogP contribution in [0.5, 0.6) is 11.5 Å². The molecule has 4 nitrogen and oxygen atoms in total. The molecular formula is C23H27NO3. The lowest BCUT2D eigenvalue weighted by atomic mass is 10.2. The van der Waals surface area contributed by atoms with E-state index in [0.717, 1.165) is 34.5 Å². The highest BCUT2D eigenvalue weighted by Gasteiger charge is 2.17. The number of nitrogens with zero attached hydrogens (tertiary/aromatic N) is 1. The van der Waals surface area contributed by atoms with Crippen molar-refractivity contribution in [2.24, 2.45) is 0 Å². The number of hydrogen-bond acceptors (Lipinski definition) is 3. The number of carbonyl (C=O) groups excluding carboxylic acids is 1. The van der Waals surface area contributed by atoms with Gasteiger partial charge in [-0.15, -0.1) is 0 Å². The molecule has 2 aromatic carbocycles. The second-order valence-corrected chi connectivity index (χ2v) is 6.63. The number of aryl methyl sites for hydroxylation is 1. The Balaban J connectivity index is 1.83. The zero-order chi connectivity index (χ0) is 19.2. The zero-order valence-electron chi connectivity index (χ0n) is 16.3. The Morgan fingerprint density at radius 2 is 1.78 bits per heavy atom. The summed E-state index contributed by atoms with van der Waals surface area (Å²) in [5, 5.41) is 0.959. The third kappa shape index (κ3) is 4.16. The van der Waals surface area contributed by atoms with E-state index in [1.54, 1.807) is 4.57 Å². The molecule has 0 bridgehead atoms. The van der Waals surface area contributed by atoms with E-state index < -0.39 is 0 Å². The summed E-state index contributed by atoms with van der Waals surface area (Å²) >= 11 is 0. The van der Waals surface area contributed by atoms with Crippen LogP contribution < -0.4 is 9.47 Å². The van der Waals surface area contributed by atoms with Gasteiger partial charge in [-0.3, -0.25) is 9.36 Å². The number of fused-ring (bicyclic) bond motifs is 1. The van der Waals surface area contributed by atoms with Crippen molar-refractivity contribution in [3.8, 4) is 11.5 Å². The predicted octanol–water partition coefficient (Wildman–Crippen LogP) is 5.61. The van der Waals surface area contributed by atoms with Crippen LogP contribution in [0, 0.1) is 6.92 Å². The van der Waals surface area contributed by atoms with E-state index in [1.165, 1.54) is 12.8 Å². The van der Waals surface area contributed by atoms with E-state index in [9.17, 15) is 4.79 Å². The molecule has 3 aromatic rings. The molecule has 1 heterocycles. The molecule has 0 fully saturated rings. The number of unbranched alkanes of at least 4 members (excludes halogenated alkanes) is 2. The number of benzene rings is 2. The standard InChI is InChI=1S/C23H27NO3/c1-4-6-7-15-27-19-13-11-18(12-14-19)23(25)24-17(3)16-20-21(24)9-8-10-22(20)26-5-2/h8-14,16H,4-7,15H2,1-3H3. The van der Waals surface area contributed by atoms with Gasteiger partial charge in [0, 0.05) is 16.6 Å². The molecule has 1 aromatic heterocycles. The maximum atomic E-state index is 13.1. The fourth-order valence-corrected chi connectivity index (χ4v) is 3.25. The van der Waals surface area contributed by atoms with Crippen molar-refractivity contribution in [2.45, 2.75) is 40.0 Å². The first-order valence-electron chi connectivity index (χ1n) is 9.67. The van der Waals surface area contributed by atoms with Crippen LogP contribution in [0.4, 0.5) is 0 Å². The monoisotopic (exact) mass is 365 g/mol. The van der Waals surface area contributed by atoms with Crippen LogP contribution in [0.25, 0.3) is 10.9 Å². The third-order valence-electron chi connectivity index (χ3n) is 4.61. The van der Waals surface area contributed by atoms with Gasteiger partial charge in [0.25, 0.3) is 5.91 Å². The first-order valence-corrected chi connectivity index (χ1v) is 9.67. The molecule has 0 aliphatic rings. The average Bonchev–Trinajstić information content (AvgIpc) is 3.02. The van der Waals surface area contributed by atoms with Crippen molar-refractivity contribution in [2.75, 3.05) is 13.2 Å². The summed E-state index contributed by atoms with van der Waals surface area (Å²) in [6.07, 6.45) is 3.39. The van der Waals surface area contributed by atoms with Crippen LogP contribution in [-0.2, 0) is 0 Å². The van der Waals surface area contributed by atoms with E-state index >= 15 is 0 Å². The Kier molecular flexibility index (Phi) is 6.17. The van der Waals surface area contributed by atoms with Crippen LogP contribution in [0.15, 0.2) is 48.5 Å². The van der Waals surface area contributed by atoms with Gasteiger partial charge in [-0.2, -0.15) is 0 Å². The maximum Gasteiger partial charge on any atom is 0.262 e. The molecule has 0 atom stereocenters. The normalized spacial score (nSPS) is 10.9. The van der Waals surface area contributed by atoms with Gasteiger partial charge in [0.15, 0.2) is 0 Å². The largest absolute Gasteiger partial charge is 0.494 e. The van der Waals surface area contributed by atoms with Crippen molar-refractivity contribution in [1.82, 2.24) is 4.57 Å². The molecule has 0 amide bonds. The molecule has 4 heteroatoms. The first-order chi connectivity index (χ1) is 13.2. The molecular weight excluding hydrogens is 338 g/mol. The summed E-state index contributed by atoms with van der Waals surface area (Å²) in [6, 6.07) is 15.2. The quantitative estimate of drug-likeness (QED) is 0.487. The summed E-state index contributed by atoms with van der Waals surface area (Å²) in [5.41, 5.74) is 2.39. The van der Waals surface area contributed by atoms with Gasteiger partial charge in [0.05, 0.1) is 18.7 Å². The maximum absolute atomic E-state index is 13.1. The minimum absolute atomic E-state index is 0.0475. The number of carbonyl (C=O) groups is 1. The van der Waals surface area contributed by atoms with E-state index in [4.69, 9.17) is 9.47 Å². The third-order valence-corrected chi connectivity index (χ3v) is 4.61. The van der Waals surface area contributed by atoms with Gasteiger partial charge in [0.1, 0.15) is 11.5 Å². The highest BCUT2D eigenvalue weighted by atomic mass is 16.5. The van der Waals surface area contributed by atoms with Crippen LogP contribution in [0.1, 0.15) is 49.2 Å². The van der Waals surface area contributed by atoms with Gasteiger partial charge in [-0.1, -0.05) is 25.8 Å². The van der Waals surface area contributed by atoms with Gasteiger partial charge < -0.3 is 9.47 Å². The lowest BCUT2D eigenvalue weighted by molar-refractivity contribution is 0.0963. The van der Waals surface area contributed by atoms with Crippen LogP contribution >= 0.6 is 0 Å². The van der Waals surface area contributed by atoms with Gasteiger partial charge in [-0.25, -0.2) is 0 Å². The molecule has 142 valence electrons. The predicted molar refractivity (Wildman–Crippen MR) is 109 cm³/mol. The van der Waals surface area contributed by atoms with E-state index in [-0.39, 0.29) is 5.91 Å².